The molecule has 0 radical (unpaired) electrons. The van der Waals surface area contributed by atoms with Gasteiger partial charge in [0.2, 0.25) is 0 Å². The second-order valence-electron chi connectivity index (χ2n) is 4.74. The highest BCUT2D eigenvalue weighted by Crippen LogP contribution is 2.56. The average Bonchev–Trinajstić information content (AvgIpc) is 2.12. The summed E-state index contributed by atoms with van der Waals surface area (Å²) in [6, 6.07) is 0. The molecule has 0 N–H and O–H groups in total. The summed E-state index contributed by atoms with van der Waals surface area (Å²) in [4.78, 5) is 12.8. The van der Waals surface area contributed by atoms with Crippen LogP contribution in [0.2, 0.25) is 0 Å². The highest BCUT2D eigenvalue weighted by atomic mass is 79.9. The Kier molecular flexibility index (Phi) is 1.93. The van der Waals surface area contributed by atoms with Crippen LogP contribution < -0.4 is 0 Å². The molecule has 0 aliphatic heterocycles. The largest absolute Gasteiger partial charge is 0.299 e. The third-order valence-electron chi connectivity index (χ3n) is 4.10. The first-order valence-corrected chi connectivity index (χ1v) is 6.83. The van der Waals surface area contributed by atoms with Gasteiger partial charge in [0.15, 0.2) is 0 Å². The Morgan fingerprint density at radius 3 is 2.08 bits per heavy atom. The molecule has 4 fully saturated rings. The summed E-state index contributed by atoms with van der Waals surface area (Å²) in [6.45, 7) is 0. The van der Waals surface area contributed by atoms with Crippen molar-refractivity contribution in [1.29, 1.82) is 0 Å². The van der Waals surface area contributed by atoms with E-state index in [4.69, 9.17) is 0 Å². The second kappa shape index (κ2) is 2.82. The van der Waals surface area contributed by atoms with E-state index in [1.807, 2.05) is 0 Å². The molecule has 0 aromatic heterocycles. The van der Waals surface area contributed by atoms with Crippen molar-refractivity contribution in [2.75, 3.05) is 0 Å². The summed E-state index contributed by atoms with van der Waals surface area (Å²) < 4.78 is 0. The first kappa shape index (κ1) is 8.90. The van der Waals surface area contributed by atoms with Gasteiger partial charge in [-0.2, -0.15) is 0 Å². The molecule has 0 amide bonds. The topological polar surface area (TPSA) is 17.1 Å². The molecular formula is C10H12Br2O. The smallest absolute Gasteiger partial charge is 0.141 e. The van der Waals surface area contributed by atoms with E-state index in [2.05, 4.69) is 31.9 Å². The van der Waals surface area contributed by atoms with E-state index in [-0.39, 0.29) is 0 Å². The molecule has 4 unspecified atom stereocenters. The minimum atomic E-state index is 0.344. The summed E-state index contributed by atoms with van der Waals surface area (Å²) in [5.74, 6) is 2.77. The Hall–Kier alpha value is 0.630. The van der Waals surface area contributed by atoms with Crippen LogP contribution >= 0.6 is 31.9 Å². The Balaban J connectivity index is 2.01. The van der Waals surface area contributed by atoms with E-state index in [1.54, 1.807) is 0 Å². The molecule has 0 spiro atoms. The number of hydrogen-bond donors (Lipinski definition) is 0. The second-order valence-corrected chi connectivity index (χ2v) is 6.86. The van der Waals surface area contributed by atoms with Crippen molar-refractivity contribution in [3.63, 3.8) is 0 Å². The van der Waals surface area contributed by atoms with Crippen LogP contribution in [0.1, 0.15) is 19.3 Å². The van der Waals surface area contributed by atoms with Crippen LogP contribution in [0.25, 0.3) is 0 Å². The van der Waals surface area contributed by atoms with E-state index >= 15 is 0 Å². The van der Waals surface area contributed by atoms with Crippen LogP contribution in [-0.4, -0.2) is 15.4 Å². The molecule has 6 atom stereocenters. The molecule has 0 saturated heterocycles. The summed E-state index contributed by atoms with van der Waals surface area (Å²) >= 11 is 7.42. The molecule has 3 heteroatoms. The fourth-order valence-electron chi connectivity index (χ4n) is 3.51. The lowest BCUT2D eigenvalue weighted by Gasteiger charge is -2.54. The van der Waals surface area contributed by atoms with Crippen molar-refractivity contribution >= 4 is 37.6 Å². The van der Waals surface area contributed by atoms with Gasteiger partial charge in [-0.05, 0) is 31.1 Å². The van der Waals surface area contributed by atoms with Crippen molar-refractivity contribution in [2.24, 2.45) is 23.7 Å². The molecule has 4 saturated carbocycles. The Labute approximate surface area is 94.9 Å². The predicted molar refractivity (Wildman–Crippen MR) is 58.2 cm³/mol. The first-order chi connectivity index (χ1) is 6.18. The summed E-state index contributed by atoms with van der Waals surface area (Å²) in [5.41, 5.74) is 0. The molecule has 72 valence electrons. The predicted octanol–water partition coefficient (Wildman–Crippen LogP) is 2.76. The normalized spacial score (nSPS) is 58.8. The maximum atomic E-state index is 11.9. The third kappa shape index (κ3) is 1.06. The van der Waals surface area contributed by atoms with E-state index in [0.717, 1.165) is 18.8 Å². The van der Waals surface area contributed by atoms with Gasteiger partial charge >= 0.3 is 0 Å². The summed E-state index contributed by atoms with van der Waals surface area (Å²) in [7, 11) is 0. The van der Waals surface area contributed by atoms with Crippen molar-refractivity contribution in [2.45, 2.75) is 28.9 Å². The number of halogens is 2. The number of Topliss-reactive ketones (excluding diaryl/α,β-unsaturated/α-hetero) is 1. The van der Waals surface area contributed by atoms with Gasteiger partial charge in [-0.25, -0.2) is 0 Å². The summed E-state index contributed by atoms with van der Waals surface area (Å²) in [5, 5.41) is 0. The minimum absolute atomic E-state index is 0.344. The average molecular weight is 308 g/mol. The van der Waals surface area contributed by atoms with Crippen molar-refractivity contribution in [3.8, 4) is 0 Å². The van der Waals surface area contributed by atoms with Crippen LogP contribution in [0.5, 0.6) is 0 Å². The maximum Gasteiger partial charge on any atom is 0.141 e. The number of hydrogen-bond acceptors (Lipinski definition) is 1. The molecule has 0 aromatic carbocycles. The van der Waals surface area contributed by atoms with E-state index in [0.29, 0.717) is 33.2 Å². The lowest BCUT2D eigenvalue weighted by atomic mass is 9.55. The summed E-state index contributed by atoms with van der Waals surface area (Å²) in [6.07, 6.45) is 3.63. The van der Waals surface area contributed by atoms with Gasteiger partial charge < -0.3 is 0 Å². The van der Waals surface area contributed by atoms with Crippen LogP contribution in [0.4, 0.5) is 0 Å². The first-order valence-electron chi connectivity index (χ1n) is 5.00. The highest BCUT2D eigenvalue weighted by molar-refractivity contribution is 9.10. The quantitative estimate of drug-likeness (QED) is 0.629. The molecule has 4 bridgehead atoms. The highest BCUT2D eigenvalue weighted by Gasteiger charge is 2.56. The van der Waals surface area contributed by atoms with Crippen molar-refractivity contribution in [1.82, 2.24) is 0 Å². The number of rotatable bonds is 0. The van der Waals surface area contributed by atoms with Crippen molar-refractivity contribution in [3.05, 3.63) is 0 Å². The molecular weight excluding hydrogens is 296 g/mol. The molecule has 4 aliphatic carbocycles. The molecule has 1 nitrogen and oxygen atoms in total. The lowest BCUT2D eigenvalue weighted by molar-refractivity contribution is -0.138. The molecule has 0 aromatic rings. The number of alkyl halides is 2. The number of ketones is 1. The molecule has 4 aliphatic rings. The fraction of sp³-hybridized carbons (Fsp3) is 0.900. The molecule has 13 heavy (non-hydrogen) atoms. The van der Waals surface area contributed by atoms with Gasteiger partial charge in [-0.15, -0.1) is 0 Å². The van der Waals surface area contributed by atoms with E-state index < -0.39 is 0 Å². The van der Waals surface area contributed by atoms with Crippen LogP contribution in [0.3, 0.4) is 0 Å². The number of carbonyl (C=O) groups is 1. The Bertz CT molecular complexity index is 244. The van der Waals surface area contributed by atoms with Gasteiger partial charge in [-0.1, -0.05) is 31.9 Å². The molecule has 4 rings (SSSR count). The third-order valence-corrected chi connectivity index (χ3v) is 6.73. The minimum Gasteiger partial charge on any atom is -0.299 e. The van der Waals surface area contributed by atoms with Gasteiger partial charge in [-0.3, -0.25) is 4.79 Å². The van der Waals surface area contributed by atoms with Crippen molar-refractivity contribution < 1.29 is 4.79 Å². The lowest BCUT2D eigenvalue weighted by Crippen LogP contribution is -2.57. The van der Waals surface area contributed by atoms with Crippen LogP contribution in [-0.2, 0) is 4.79 Å². The monoisotopic (exact) mass is 306 g/mol. The van der Waals surface area contributed by atoms with Crippen LogP contribution in [0, 0.1) is 23.7 Å². The van der Waals surface area contributed by atoms with E-state index in [9.17, 15) is 4.79 Å². The fourth-order valence-corrected chi connectivity index (χ4v) is 5.96. The maximum absolute atomic E-state index is 11.9. The Morgan fingerprint density at radius 1 is 1.00 bits per heavy atom. The standard InChI is InChI=1S/C10H12Br2O/c11-8-5-1-4-2-6(8)10(13)7(3-4)9(5)12/h4-9H,1-3H2/t4?,5?,6-,7+,8?,9?. The van der Waals surface area contributed by atoms with Gasteiger partial charge in [0.1, 0.15) is 5.78 Å². The molecule has 0 heterocycles. The van der Waals surface area contributed by atoms with Gasteiger partial charge in [0, 0.05) is 21.5 Å². The SMILES string of the molecule is O=C1[C@H]2CC3CC(C2Br)C(Br)[C@H]1C3. The number of carbonyl (C=O) groups excluding carboxylic acids is 1. The van der Waals surface area contributed by atoms with Crippen LogP contribution in [0.15, 0.2) is 0 Å². The van der Waals surface area contributed by atoms with Gasteiger partial charge in [0.05, 0.1) is 0 Å². The van der Waals surface area contributed by atoms with Gasteiger partial charge in [0.25, 0.3) is 0 Å². The zero-order valence-corrected chi connectivity index (χ0v) is 10.4. The Morgan fingerprint density at radius 2 is 1.54 bits per heavy atom. The van der Waals surface area contributed by atoms with E-state index in [1.165, 1.54) is 6.42 Å². The zero-order chi connectivity index (χ0) is 9.16. The zero-order valence-electron chi connectivity index (χ0n) is 7.25.